The van der Waals surface area contributed by atoms with Crippen molar-refractivity contribution in [3.63, 3.8) is 0 Å². The van der Waals surface area contributed by atoms with Crippen molar-refractivity contribution >= 4 is 11.7 Å². The van der Waals surface area contributed by atoms with Gasteiger partial charge in [-0.25, -0.2) is 4.79 Å². The van der Waals surface area contributed by atoms with E-state index in [9.17, 15) is 9.90 Å². The number of nitrogens with one attached hydrogen (secondary N) is 1. The van der Waals surface area contributed by atoms with Crippen LogP contribution in [0.3, 0.4) is 0 Å². The maximum atomic E-state index is 11.5. The molecule has 0 radical (unpaired) electrons. The van der Waals surface area contributed by atoms with E-state index in [1.807, 2.05) is 36.4 Å². The van der Waals surface area contributed by atoms with E-state index in [4.69, 9.17) is 4.74 Å². The van der Waals surface area contributed by atoms with Crippen LogP contribution in [-0.4, -0.2) is 44.4 Å². The van der Waals surface area contributed by atoms with Gasteiger partial charge in [0, 0.05) is 11.3 Å². The first-order valence-electron chi connectivity index (χ1n) is 8.20. The summed E-state index contributed by atoms with van der Waals surface area (Å²) in [6.45, 7) is 5.10. The molecule has 3 rings (SSSR count). The molecular formula is C19H23N2O3+. The molecule has 5 nitrogen and oxygen atoms in total. The Morgan fingerprint density at radius 1 is 1.08 bits per heavy atom. The Balaban J connectivity index is 1.53. The molecule has 0 aromatic heterocycles. The molecule has 0 unspecified atom stereocenters. The Bertz CT molecular complexity index is 675. The smallest absolute Gasteiger partial charge is 0.337 e. The molecule has 5 heteroatoms. The van der Waals surface area contributed by atoms with E-state index in [0.717, 1.165) is 38.4 Å². The van der Waals surface area contributed by atoms with Crippen LogP contribution in [0.25, 0.3) is 0 Å². The van der Waals surface area contributed by atoms with E-state index in [1.54, 1.807) is 12.1 Å². The molecule has 0 amide bonds. The summed E-state index contributed by atoms with van der Waals surface area (Å²) < 4.78 is 4.72. The van der Waals surface area contributed by atoms with Crippen molar-refractivity contribution < 1.29 is 19.5 Å². The first-order valence-corrected chi connectivity index (χ1v) is 8.20. The van der Waals surface area contributed by atoms with Crippen LogP contribution in [0.5, 0.6) is 5.75 Å². The van der Waals surface area contributed by atoms with Gasteiger partial charge in [0.1, 0.15) is 12.3 Å². The molecule has 24 heavy (non-hydrogen) atoms. The van der Waals surface area contributed by atoms with Crippen LogP contribution < -0.4 is 9.80 Å². The zero-order valence-electron chi connectivity index (χ0n) is 13.9. The second-order valence-corrected chi connectivity index (χ2v) is 6.12. The monoisotopic (exact) mass is 327 g/mol. The highest BCUT2D eigenvalue weighted by Gasteiger charge is 2.20. The van der Waals surface area contributed by atoms with Crippen molar-refractivity contribution in [2.45, 2.75) is 6.54 Å². The molecule has 126 valence electrons. The van der Waals surface area contributed by atoms with E-state index in [0.29, 0.717) is 11.3 Å². The maximum absolute atomic E-state index is 11.5. The van der Waals surface area contributed by atoms with Crippen LogP contribution in [0, 0.1) is 0 Å². The number of anilines is 1. The van der Waals surface area contributed by atoms with E-state index < -0.39 is 0 Å². The highest BCUT2D eigenvalue weighted by atomic mass is 16.5. The Morgan fingerprint density at radius 2 is 1.71 bits per heavy atom. The lowest BCUT2D eigenvalue weighted by Gasteiger charge is -2.33. The predicted molar refractivity (Wildman–Crippen MR) is 92.5 cm³/mol. The van der Waals surface area contributed by atoms with Crippen molar-refractivity contribution in [3.05, 3.63) is 59.7 Å². The lowest BCUT2D eigenvalue weighted by Crippen LogP contribution is -3.13. The van der Waals surface area contributed by atoms with Crippen LogP contribution in [0.15, 0.2) is 48.5 Å². The highest BCUT2D eigenvalue weighted by molar-refractivity contribution is 5.89. The third-order valence-electron chi connectivity index (χ3n) is 4.51. The molecule has 0 atom stereocenters. The summed E-state index contributed by atoms with van der Waals surface area (Å²) in [4.78, 5) is 15.3. The standard InChI is InChI=1S/C19H22N2O3/c1-24-19(23)16-4-2-15(3-5-16)14-20-10-12-21(13-11-20)17-6-8-18(22)9-7-17/h2-9,22H,10-14H2,1H3/p+1. The van der Waals surface area contributed by atoms with Crippen molar-refractivity contribution in [2.24, 2.45) is 0 Å². The van der Waals surface area contributed by atoms with Crippen LogP contribution in [-0.2, 0) is 11.3 Å². The zero-order chi connectivity index (χ0) is 16.9. The minimum Gasteiger partial charge on any atom is -0.508 e. The van der Waals surface area contributed by atoms with Gasteiger partial charge >= 0.3 is 5.97 Å². The molecule has 2 aromatic rings. The number of carbonyl (C=O) groups excluding carboxylic acids is 1. The van der Waals surface area contributed by atoms with E-state index in [1.165, 1.54) is 17.6 Å². The third-order valence-corrected chi connectivity index (χ3v) is 4.51. The summed E-state index contributed by atoms with van der Waals surface area (Å²) in [6.07, 6.45) is 0. The fraction of sp³-hybridized carbons (Fsp3) is 0.316. The van der Waals surface area contributed by atoms with Crippen LogP contribution in [0.4, 0.5) is 5.69 Å². The number of hydrogen-bond donors (Lipinski definition) is 2. The molecule has 0 spiro atoms. The first kappa shape index (κ1) is 16.3. The maximum Gasteiger partial charge on any atom is 0.337 e. The zero-order valence-corrected chi connectivity index (χ0v) is 13.9. The number of hydrogen-bond acceptors (Lipinski definition) is 4. The number of rotatable bonds is 4. The topological polar surface area (TPSA) is 54.2 Å². The average molecular weight is 327 g/mol. The average Bonchev–Trinajstić information content (AvgIpc) is 2.63. The molecule has 1 heterocycles. The van der Waals surface area contributed by atoms with Gasteiger partial charge in [-0.2, -0.15) is 0 Å². The van der Waals surface area contributed by atoms with Crippen molar-refractivity contribution in [3.8, 4) is 5.75 Å². The van der Waals surface area contributed by atoms with Gasteiger partial charge in [-0.3, -0.25) is 0 Å². The van der Waals surface area contributed by atoms with Gasteiger partial charge in [0.25, 0.3) is 0 Å². The number of carbonyl (C=O) groups is 1. The van der Waals surface area contributed by atoms with Gasteiger partial charge in [0.05, 0.1) is 38.9 Å². The van der Waals surface area contributed by atoms with E-state index >= 15 is 0 Å². The summed E-state index contributed by atoms with van der Waals surface area (Å²) >= 11 is 0. The van der Waals surface area contributed by atoms with Gasteiger partial charge < -0.3 is 19.6 Å². The van der Waals surface area contributed by atoms with Gasteiger partial charge in [-0.1, -0.05) is 12.1 Å². The van der Waals surface area contributed by atoms with Gasteiger partial charge in [-0.05, 0) is 36.4 Å². The molecule has 2 aromatic carbocycles. The number of quaternary nitrogens is 1. The van der Waals surface area contributed by atoms with Crippen LogP contribution >= 0.6 is 0 Å². The number of piperazine rings is 1. The molecule has 1 saturated heterocycles. The minimum absolute atomic E-state index is 0.295. The highest BCUT2D eigenvalue weighted by Crippen LogP contribution is 2.18. The molecule has 0 bridgehead atoms. The van der Waals surface area contributed by atoms with E-state index in [-0.39, 0.29) is 5.97 Å². The number of aromatic hydroxyl groups is 1. The SMILES string of the molecule is COC(=O)c1ccc(C[NH+]2CCN(c3ccc(O)cc3)CC2)cc1. The van der Waals surface area contributed by atoms with Crippen LogP contribution in [0.2, 0.25) is 0 Å². The summed E-state index contributed by atoms with van der Waals surface area (Å²) in [5.41, 5.74) is 2.98. The number of phenolic OH excluding ortho intramolecular Hbond substituents is 1. The van der Waals surface area contributed by atoms with Crippen molar-refractivity contribution in [1.82, 2.24) is 0 Å². The fourth-order valence-electron chi connectivity index (χ4n) is 3.09. The molecule has 2 N–H and O–H groups in total. The third kappa shape index (κ3) is 3.86. The van der Waals surface area contributed by atoms with Gasteiger partial charge in [0.2, 0.25) is 0 Å². The Hall–Kier alpha value is -2.53. The quantitative estimate of drug-likeness (QED) is 0.826. The molecule has 1 aliphatic heterocycles. The molecule has 0 aliphatic carbocycles. The number of esters is 1. The number of phenols is 1. The first-order chi connectivity index (χ1) is 11.7. The van der Waals surface area contributed by atoms with Crippen LogP contribution in [0.1, 0.15) is 15.9 Å². The predicted octanol–water partition coefficient (Wildman–Crippen LogP) is 1.08. The number of methoxy groups -OCH3 is 1. The summed E-state index contributed by atoms with van der Waals surface area (Å²) in [6, 6.07) is 15.1. The molecule has 1 fully saturated rings. The second kappa shape index (κ2) is 7.36. The minimum atomic E-state index is -0.295. The Kier molecular flexibility index (Phi) is 5.01. The fourth-order valence-corrected chi connectivity index (χ4v) is 3.09. The Morgan fingerprint density at radius 3 is 2.29 bits per heavy atom. The van der Waals surface area contributed by atoms with E-state index in [2.05, 4.69) is 4.90 Å². The summed E-state index contributed by atoms with van der Waals surface area (Å²) in [5.74, 6) is 0.00909. The lowest BCUT2D eigenvalue weighted by atomic mass is 10.1. The van der Waals surface area contributed by atoms with Gasteiger partial charge in [-0.15, -0.1) is 0 Å². The van der Waals surface area contributed by atoms with Gasteiger partial charge in [0.15, 0.2) is 0 Å². The molecule has 0 saturated carbocycles. The Labute approximate surface area is 142 Å². The number of benzene rings is 2. The van der Waals surface area contributed by atoms with Crippen molar-refractivity contribution in [2.75, 3.05) is 38.2 Å². The molecule has 1 aliphatic rings. The summed E-state index contributed by atoms with van der Waals surface area (Å²) in [7, 11) is 1.40. The number of nitrogens with zero attached hydrogens (tertiary/aromatic N) is 1. The number of ether oxygens (including phenoxy) is 1. The summed E-state index contributed by atoms with van der Waals surface area (Å²) in [5, 5.41) is 9.38. The second-order valence-electron chi connectivity index (χ2n) is 6.12. The largest absolute Gasteiger partial charge is 0.508 e. The normalized spacial score (nSPS) is 15.3. The molecular weight excluding hydrogens is 304 g/mol. The lowest BCUT2D eigenvalue weighted by molar-refractivity contribution is -0.914. The van der Waals surface area contributed by atoms with Crippen molar-refractivity contribution in [1.29, 1.82) is 0 Å².